The molecule has 82 valence electrons. The number of hydrogen-bond acceptors (Lipinski definition) is 3. The van der Waals surface area contributed by atoms with Crippen molar-refractivity contribution in [3.05, 3.63) is 50.1 Å². The van der Waals surface area contributed by atoms with Gasteiger partial charge in [-0.05, 0) is 34.1 Å². The summed E-state index contributed by atoms with van der Waals surface area (Å²) in [5.41, 5.74) is 0.456. The second-order valence-corrected chi connectivity index (χ2v) is 4.28. The summed E-state index contributed by atoms with van der Waals surface area (Å²) in [7, 11) is 0. The Morgan fingerprint density at radius 1 is 1.44 bits per heavy atom. The van der Waals surface area contributed by atoms with Gasteiger partial charge in [-0.1, -0.05) is 11.6 Å². The molecule has 0 atom stereocenters. The monoisotopic (exact) mass is 301 g/mol. The zero-order valence-corrected chi connectivity index (χ0v) is 10.2. The van der Waals surface area contributed by atoms with Crippen molar-refractivity contribution in [3.63, 3.8) is 0 Å². The number of rotatable bonds is 2. The number of nitrogens with zero attached hydrogens (tertiary/aromatic N) is 1. The van der Waals surface area contributed by atoms with Crippen LogP contribution in [0.5, 0.6) is 0 Å². The summed E-state index contributed by atoms with van der Waals surface area (Å²) < 4.78 is 5.50. The lowest BCUT2D eigenvalue weighted by Crippen LogP contribution is -1.90. The Morgan fingerprint density at radius 3 is 2.75 bits per heavy atom. The molecule has 0 fully saturated rings. The SMILES string of the molecule is O=[N+]([O-])c1cc(-c2ccco2)c(Cl)cc1Br. The van der Waals surface area contributed by atoms with Gasteiger partial charge in [0.25, 0.3) is 5.69 Å². The minimum atomic E-state index is -0.479. The van der Waals surface area contributed by atoms with E-state index in [1.165, 1.54) is 18.4 Å². The maximum Gasteiger partial charge on any atom is 0.284 e. The largest absolute Gasteiger partial charge is 0.464 e. The van der Waals surface area contributed by atoms with E-state index in [1.54, 1.807) is 12.1 Å². The Kier molecular flexibility index (Phi) is 2.98. The van der Waals surface area contributed by atoms with Crippen LogP contribution in [0.4, 0.5) is 5.69 Å². The molecule has 2 aromatic rings. The highest BCUT2D eigenvalue weighted by atomic mass is 79.9. The van der Waals surface area contributed by atoms with Crippen molar-refractivity contribution in [2.45, 2.75) is 0 Å². The van der Waals surface area contributed by atoms with Gasteiger partial charge in [0.1, 0.15) is 5.76 Å². The van der Waals surface area contributed by atoms with Gasteiger partial charge in [0.15, 0.2) is 0 Å². The van der Waals surface area contributed by atoms with E-state index < -0.39 is 4.92 Å². The third kappa shape index (κ3) is 1.96. The highest BCUT2D eigenvalue weighted by Gasteiger charge is 2.17. The van der Waals surface area contributed by atoms with Gasteiger partial charge in [-0.3, -0.25) is 10.1 Å². The number of benzene rings is 1. The number of hydrogen-bond donors (Lipinski definition) is 0. The molecule has 1 aromatic heterocycles. The van der Waals surface area contributed by atoms with Crippen LogP contribution in [0, 0.1) is 10.1 Å². The van der Waals surface area contributed by atoms with Crippen LogP contribution in [-0.4, -0.2) is 4.92 Å². The van der Waals surface area contributed by atoms with Crippen LogP contribution in [0.2, 0.25) is 5.02 Å². The van der Waals surface area contributed by atoms with E-state index in [2.05, 4.69) is 15.9 Å². The summed E-state index contributed by atoms with van der Waals surface area (Å²) in [5.74, 6) is 0.501. The Labute approximate surface area is 104 Å². The molecule has 0 amide bonds. The summed E-state index contributed by atoms with van der Waals surface area (Å²) >= 11 is 9.07. The zero-order chi connectivity index (χ0) is 11.7. The second-order valence-electron chi connectivity index (χ2n) is 3.02. The van der Waals surface area contributed by atoms with Crippen LogP contribution >= 0.6 is 27.5 Å². The van der Waals surface area contributed by atoms with Gasteiger partial charge in [-0.15, -0.1) is 0 Å². The Morgan fingerprint density at radius 2 is 2.19 bits per heavy atom. The fourth-order valence-corrected chi connectivity index (χ4v) is 2.17. The second kappa shape index (κ2) is 4.27. The third-order valence-electron chi connectivity index (χ3n) is 2.02. The van der Waals surface area contributed by atoms with Gasteiger partial charge in [-0.25, -0.2) is 0 Å². The van der Waals surface area contributed by atoms with Crippen LogP contribution in [0.1, 0.15) is 0 Å². The van der Waals surface area contributed by atoms with E-state index in [0.717, 1.165) is 0 Å². The van der Waals surface area contributed by atoms with Gasteiger partial charge >= 0.3 is 0 Å². The lowest BCUT2D eigenvalue weighted by Gasteiger charge is -2.02. The molecule has 6 heteroatoms. The van der Waals surface area contributed by atoms with Gasteiger partial charge in [0.05, 0.1) is 20.7 Å². The first kappa shape index (κ1) is 11.2. The maximum absolute atomic E-state index is 10.8. The van der Waals surface area contributed by atoms with Crippen LogP contribution in [0.15, 0.2) is 39.4 Å². The molecule has 4 nitrogen and oxygen atoms in total. The molecule has 1 aromatic carbocycles. The van der Waals surface area contributed by atoms with Gasteiger partial charge < -0.3 is 4.42 Å². The first-order chi connectivity index (χ1) is 7.59. The quantitative estimate of drug-likeness (QED) is 0.615. The highest BCUT2D eigenvalue weighted by molar-refractivity contribution is 9.10. The standard InChI is InChI=1S/C10H5BrClNO3/c11-7-5-8(12)6(4-9(7)13(14)15)10-2-1-3-16-10/h1-5H. The zero-order valence-electron chi connectivity index (χ0n) is 7.81. The van der Waals surface area contributed by atoms with Crippen molar-refractivity contribution in [2.24, 2.45) is 0 Å². The van der Waals surface area contributed by atoms with Crippen molar-refractivity contribution in [3.8, 4) is 11.3 Å². The minimum Gasteiger partial charge on any atom is -0.464 e. The molecule has 0 radical (unpaired) electrons. The molecule has 0 aliphatic rings. The lowest BCUT2D eigenvalue weighted by molar-refractivity contribution is -0.385. The smallest absolute Gasteiger partial charge is 0.284 e. The van der Waals surface area contributed by atoms with Crippen molar-refractivity contribution >= 4 is 33.2 Å². The number of nitro groups is 1. The molecule has 0 saturated heterocycles. The minimum absolute atomic E-state index is 0.0456. The molecule has 0 bridgehead atoms. The van der Waals surface area contributed by atoms with Crippen LogP contribution < -0.4 is 0 Å². The summed E-state index contributed by atoms with van der Waals surface area (Å²) in [6.45, 7) is 0. The van der Waals surface area contributed by atoms with Crippen molar-refractivity contribution in [1.82, 2.24) is 0 Å². The molecule has 0 aliphatic carbocycles. The lowest BCUT2D eigenvalue weighted by atomic mass is 10.1. The average Bonchev–Trinajstić information content (AvgIpc) is 2.70. The van der Waals surface area contributed by atoms with Gasteiger partial charge in [0.2, 0.25) is 0 Å². The average molecular weight is 303 g/mol. The van der Waals surface area contributed by atoms with E-state index in [4.69, 9.17) is 16.0 Å². The van der Waals surface area contributed by atoms with Crippen LogP contribution in [0.3, 0.4) is 0 Å². The fraction of sp³-hybridized carbons (Fsp3) is 0. The van der Waals surface area contributed by atoms with Crippen LogP contribution in [0.25, 0.3) is 11.3 Å². The molecular weight excluding hydrogens is 297 g/mol. The van der Waals surface area contributed by atoms with E-state index in [9.17, 15) is 10.1 Å². The summed E-state index contributed by atoms with van der Waals surface area (Å²) in [4.78, 5) is 10.3. The predicted molar refractivity (Wildman–Crippen MR) is 63.5 cm³/mol. The molecule has 16 heavy (non-hydrogen) atoms. The van der Waals surface area contributed by atoms with E-state index in [0.29, 0.717) is 20.8 Å². The number of nitro benzene ring substituents is 1. The summed E-state index contributed by atoms with van der Waals surface area (Å²) in [5, 5.41) is 11.2. The fourth-order valence-electron chi connectivity index (χ4n) is 1.30. The molecular formula is C10H5BrClNO3. The molecule has 2 rings (SSSR count). The normalized spacial score (nSPS) is 10.4. The van der Waals surface area contributed by atoms with E-state index in [-0.39, 0.29) is 5.69 Å². The van der Waals surface area contributed by atoms with Crippen LogP contribution in [-0.2, 0) is 0 Å². The molecule has 1 heterocycles. The first-order valence-electron chi connectivity index (χ1n) is 4.27. The molecule has 0 spiro atoms. The van der Waals surface area contributed by atoms with Gasteiger partial charge in [0, 0.05) is 11.6 Å². The summed E-state index contributed by atoms with van der Waals surface area (Å²) in [6.07, 6.45) is 1.49. The summed E-state index contributed by atoms with van der Waals surface area (Å²) in [6, 6.07) is 6.25. The van der Waals surface area contributed by atoms with Crippen molar-refractivity contribution < 1.29 is 9.34 Å². The Hall–Kier alpha value is -1.33. The van der Waals surface area contributed by atoms with E-state index >= 15 is 0 Å². The Bertz CT molecular complexity index is 539. The molecule has 0 aliphatic heterocycles. The first-order valence-corrected chi connectivity index (χ1v) is 5.44. The van der Waals surface area contributed by atoms with Crippen molar-refractivity contribution in [2.75, 3.05) is 0 Å². The molecule has 0 N–H and O–H groups in total. The van der Waals surface area contributed by atoms with E-state index in [1.807, 2.05) is 0 Å². The highest BCUT2D eigenvalue weighted by Crippen LogP contribution is 2.36. The maximum atomic E-state index is 10.8. The Balaban J connectivity index is 2.63. The topological polar surface area (TPSA) is 56.3 Å². The number of furan rings is 1. The predicted octanol–water partition coefficient (Wildman–Crippen LogP) is 4.27. The molecule has 0 saturated carbocycles. The number of halogens is 2. The van der Waals surface area contributed by atoms with Gasteiger partial charge in [-0.2, -0.15) is 0 Å². The molecule has 0 unspecified atom stereocenters. The third-order valence-corrected chi connectivity index (χ3v) is 2.97. The van der Waals surface area contributed by atoms with Crippen molar-refractivity contribution in [1.29, 1.82) is 0 Å².